The number of aryl methyl sites for hydroxylation is 1. The predicted molar refractivity (Wildman–Crippen MR) is 88.1 cm³/mol. The van der Waals surface area contributed by atoms with Gasteiger partial charge in [-0.15, -0.1) is 0 Å². The Kier molecular flexibility index (Phi) is 4.23. The summed E-state index contributed by atoms with van der Waals surface area (Å²) >= 11 is 5.99. The highest BCUT2D eigenvalue weighted by atomic mass is 35.5. The third-order valence-electron chi connectivity index (χ3n) is 4.45. The third-order valence-corrected chi connectivity index (χ3v) is 4.66. The van der Waals surface area contributed by atoms with E-state index in [9.17, 15) is 4.79 Å². The summed E-state index contributed by atoms with van der Waals surface area (Å²) in [5.41, 5.74) is 7.80. The molecule has 0 saturated carbocycles. The van der Waals surface area contributed by atoms with Gasteiger partial charge in [0.1, 0.15) is 5.69 Å². The second-order valence-electron chi connectivity index (χ2n) is 5.88. The van der Waals surface area contributed by atoms with E-state index in [1.165, 1.54) is 5.56 Å². The number of halogens is 1. The van der Waals surface area contributed by atoms with E-state index in [1.54, 1.807) is 16.8 Å². The summed E-state index contributed by atoms with van der Waals surface area (Å²) in [7, 11) is 1.84. The van der Waals surface area contributed by atoms with Gasteiger partial charge in [-0.25, -0.2) is 0 Å². The van der Waals surface area contributed by atoms with Gasteiger partial charge in [-0.1, -0.05) is 41.9 Å². The number of hydrogen-bond donors (Lipinski definition) is 1. The number of amides is 1. The molecule has 5 heteroatoms. The summed E-state index contributed by atoms with van der Waals surface area (Å²) in [5, 5.41) is 0.583. The molecule has 4 nitrogen and oxygen atoms in total. The topological polar surface area (TPSA) is 51.3 Å². The van der Waals surface area contributed by atoms with Gasteiger partial charge < -0.3 is 15.2 Å². The van der Waals surface area contributed by atoms with Crippen molar-refractivity contribution in [1.82, 2.24) is 9.47 Å². The molecular formula is C17H20ClN3O. The van der Waals surface area contributed by atoms with Crippen LogP contribution in [-0.4, -0.2) is 35.0 Å². The van der Waals surface area contributed by atoms with Crippen molar-refractivity contribution in [3.8, 4) is 0 Å². The summed E-state index contributed by atoms with van der Waals surface area (Å²) in [6, 6.07) is 12.0. The minimum atomic E-state index is 0.0197. The van der Waals surface area contributed by atoms with E-state index in [2.05, 4.69) is 12.1 Å². The monoisotopic (exact) mass is 317 g/mol. The van der Waals surface area contributed by atoms with Crippen LogP contribution in [0.3, 0.4) is 0 Å². The Morgan fingerprint density at radius 3 is 2.64 bits per heavy atom. The second kappa shape index (κ2) is 6.15. The van der Waals surface area contributed by atoms with Crippen molar-refractivity contribution in [1.29, 1.82) is 0 Å². The highest BCUT2D eigenvalue weighted by Crippen LogP contribution is 2.33. The minimum absolute atomic E-state index is 0.0197. The van der Waals surface area contributed by atoms with Crippen LogP contribution in [0.5, 0.6) is 0 Å². The molecule has 0 aliphatic carbocycles. The van der Waals surface area contributed by atoms with Gasteiger partial charge in [-0.05, 0) is 24.1 Å². The van der Waals surface area contributed by atoms with Gasteiger partial charge in [0.2, 0.25) is 0 Å². The number of nitrogens with zero attached hydrogens (tertiary/aromatic N) is 2. The lowest BCUT2D eigenvalue weighted by atomic mass is 9.89. The third kappa shape index (κ3) is 2.76. The van der Waals surface area contributed by atoms with E-state index in [1.807, 2.05) is 30.1 Å². The van der Waals surface area contributed by atoms with E-state index in [0.717, 1.165) is 0 Å². The SMILES string of the molecule is Cn1cc(Cl)cc1C(=O)N1C[C@@H](CN)[C@H](c2ccccc2)C1. The minimum Gasteiger partial charge on any atom is -0.345 e. The van der Waals surface area contributed by atoms with Gasteiger partial charge in [0.25, 0.3) is 5.91 Å². The first-order chi connectivity index (χ1) is 10.6. The molecule has 1 amide bonds. The number of aromatic nitrogens is 1. The zero-order valence-electron chi connectivity index (χ0n) is 12.6. The zero-order chi connectivity index (χ0) is 15.7. The van der Waals surface area contributed by atoms with Crippen LogP contribution in [0, 0.1) is 5.92 Å². The van der Waals surface area contributed by atoms with E-state index in [4.69, 9.17) is 17.3 Å². The molecule has 0 bridgehead atoms. The molecule has 116 valence electrons. The lowest BCUT2D eigenvalue weighted by molar-refractivity contribution is 0.0777. The molecule has 1 fully saturated rings. The lowest BCUT2D eigenvalue weighted by Gasteiger charge is -2.17. The first-order valence-electron chi connectivity index (χ1n) is 7.46. The Labute approximate surface area is 135 Å². The normalized spacial score (nSPS) is 21.3. The molecule has 1 saturated heterocycles. The molecular weight excluding hydrogens is 298 g/mol. The molecule has 0 spiro atoms. The fourth-order valence-electron chi connectivity index (χ4n) is 3.25. The maximum Gasteiger partial charge on any atom is 0.270 e. The average Bonchev–Trinajstić information content (AvgIpc) is 3.10. The molecule has 1 aromatic heterocycles. The first kappa shape index (κ1) is 15.1. The highest BCUT2D eigenvalue weighted by molar-refractivity contribution is 6.31. The second-order valence-corrected chi connectivity index (χ2v) is 6.31. The summed E-state index contributed by atoms with van der Waals surface area (Å²) < 4.78 is 1.78. The van der Waals surface area contributed by atoms with E-state index in [-0.39, 0.29) is 5.91 Å². The summed E-state index contributed by atoms with van der Waals surface area (Å²) in [6.07, 6.45) is 1.75. The van der Waals surface area contributed by atoms with Crippen LogP contribution in [0.1, 0.15) is 22.0 Å². The van der Waals surface area contributed by atoms with Crippen LogP contribution >= 0.6 is 11.6 Å². The molecule has 0 radical (unpaired) electrons. The standard InChI is InChI=1S/C17H20ClN3O/c1-20-10-14(18)7-16(20)17(22)21-9-13(8-19)15(11-21)12-5-3-2-4-6-12/h2-7,10,13,15H,8-9,11,19H2,1H3/t13-,15+/m1/s1. The van der Waals surface area contributed by atoms with Crippen LogP contribution in [0.2, 0.25) is 5.02 Å². The number of carbonyl (C=O) groups is 1. The molecule has 3 rings (SSSR count). The quantitative estimate of drug-likeness (QED) is 0.945. The maximum absolute atomic E-state index is 12.7. The maximum atomic E-state index is 12.7. The lowest BCUT2D eigenvalue weighted by Crippen LogP contribution is -2.31. The molecule has 1 aromatic carbocycles. The van der Waals surface area contributed by atoms with E-state index in [0.29, 0.717) is 42.2 Å². The Morgan fingerprint density at radius 1 is 1.32 bits per heavy atom. The molecule has 2 atom stereocenters. The zero-order valence-corrected chi connectivity index (χ0v) is 13.3. The van der Waals surface area contributed by atoms with Gasteiger partial charge in [0.15, 0.2) is 0 Å². The van der Waals surface area contributed by atoms with Crippen molar-refractivity contribution < 1.29 is 4.79 Å². The van der Waals surface area contributed by atoms with Gasteiger partial charge in [-0.2, -0.15) is 0 Å². The van der Waals surface area contributed by atoms with Crippen LogP contribution in [-0.2, 0) is 7.05 Å². The molecule has 2 aromatic rings. The molecule has 1 aliphatic heterocycles. The van der Waals surface area contributed by atoms with Crippen molar-refractivity contribution >= 4 is 17.5 Å². The highest BCUT2D eigenvalue weighted by Gasteiger charge is 2.36. The largest absolute Gasteiger partial charge is 0.345 e. The van der Waals surface area contributed by atoms with Crippen LogP contribution in [0.4, 0.5) is 0 Å². The molecule has 0 unspecified atom stereocenters. The number of nitrogens with two attached hydrogens (primary N) is 1. The number of benzene rings is 1. The Bertz CT molecular complexity index is 668. The summed E-state index contributed by atoms with van der Waals surface area (Å²) in [5.74, 6) is 0.610. The van der Waals surface area contributed by atoms with Crippen molar-refractivity contribution in [3.63, 3.8) is 0 Å². The molecule has 22 heavy (non-hydrogen) atoms. The fraction of sp³-hybridized carbons (Fsp3) is 0.353. The number of rotatable bonds is 3. The Morgan fingerprint density at radius 2 is 2.05 bits per heavy atom. The van der Waals surface area contributed by atoms with Crippen molar-refractivity contribution in [2.45, 2.75) is 5.92 Å². The van der Waals surface area contributed by atoms with Crippen molar-refractivity contribution in [2.24, 2.45) is 18.7 Å². The smallest absolute Gasteiger partial charge is 0.270 e. The first-order valence-corrected chi connectivity index (χ1v) is 7.84. The molecule has 2 heterocycles. The van der Waals surface area contributed by atoms with Crippen LogP contribution in [0.25, 0.3) is 0 Å². The van der Waals surface area contributed by atoms with Crippen molar-refractivity contribution in [2.75, 3.05) is 19.6 Å². The average molecular weight is 318 g/mol. The fourth-order valence-corrected chi connectivity index (χ4v) is 3.50. The van der Waals surface area contributed by atoms with Gasteiger partial charge in [-0.3, -0.25) is 4.79 Å². The van der Waals surface area contributed by atoms with Gasteiger partial charge in [0.05, 0.1) is 5.02 Å². The number of carbonyl (C=O) groups excluding carboxylic acids is 1. The van der Waals surface area contributed by atoms with Gasteiger partial charge in [0, 0.05) is 32.3 Å². The van der Waals surface area contributed by atoms with E-state index >= 15 is 0 Å². The van der Waals surface area contributed by atoms with Crippen molar-refractivity contribution in [3.05, 3.63) is 58.9 Å². The van der Waals surface area contributed by atoms with E-state index < -0.39 is 0 Å². The number of likely N-dealkylation sites (tertiary alicyclic amines) is 1. The van der Waals surface area contributed by atoms with Gasteiger partial charge >= 0.3 is 0 Å². The van der Waals surface area contributed by atoms with Crippen LogP contribution < -0.4 is 5.73 Å². The van der Waals surface area contributed by atoms with Crippen LogP contribution in [0.15, 0.2) is 42.6 Å². The molecule has 2 N–H and O–H groups in total. The molecule has 1 aliphatic rings. The summed E-state index contributed by atoms with van der Waals surface area (Å²) in [6.45, 7) is 1.97. The Hall–Kier alpha value is -1.78. The predicted octanol–water partition coefficient (Wildman–Crippen LogP) is 2.49. The summed E-state index contributed by atoms with van der Waals surface area (Å²) in [4.78, 5) is 14.6. The Balaban J connectivity index is 1.82. The number of hydrogen-bond acceptors (Lipinski definition) is 2.